The highest BCUT2D eigenvalue weighted by Crippen LogP contribution is 2.15. The summed E-state index contributed by atoms with van der Waals surface area (Å²) in [6, 6.07) is -1.06. The summed E-state index contributed by atoms with van der Waals surface area (Å²) in [5.41, 5.74) is 3.71. The number of primary amides is 1. The second kappa shape index (κ2) is 6.83. The first-order valence-electron chi connectivity index (χ1n) is 5.87. The number of carbonyl (C=O) groups is 3. The molecule has 0 bridgehead atoms. The summed E-state index contributed by atoms with van der Waals surface area (Å²) in [6.45, 7) is 4.99. The molecular weight excluding hydrogens is 238 g/mol. The average molecular weight is 259 g/mol. The van der Waals surface area contributed by atoms with Crippen LogP contribution in [0.25, 0.3) is 0 Å². The zero-order valence-electron chi connectivity index (χ0n) is 10.9. The molecule has 5 N–H and O–H groups in total. The molecule has 0 aromatic rings. The van der Waals surface area contributed by atoms with Crippen molar-refractivity contribution in [3.63, 3.8) is 0 Å². The molecule has 0 heterocycles. The van der Waals surface area contributed by atoms with E-state index in [-0.39, 0.29) is 19.3 Å². The minimum atomic E-state index is -1.28. The summed E-state index contributed by atoms with van der Waals surface area (Å²) in [7, 11) is 0. The monoisotopic (exact) mass is 259 g/mol. The Hall–Kier alpha value is -1.79. The Morgan fingerprint density at radius 1 is 1.28 bits per heavy atom. The van der Waals surface area contributed by atoms with Crippen LogP contribution in [0.1, 0.15) is 40.0 Å². The second-order valence-electron chi connectivity index (χ2n) is 4.26. The molecule has 0 aliphatic heterocycles. The molecule has 0 fully saturated rings. The van der Waals surface area contributed by atoms with Crippen LogP contribution in [-0.4, -0.2) is 34.6 Å². The molecular formula is C11H21N3O4. The minimum Gasteiger partial charge on any atom is -0.480 e. The van der Waals surface area contributed by atoms with Gasteiger partial charge in [0.05, 0.1) is 0 Å². The van der Waals surface area contributed by atoms with Crippen molar-refractivity contribution in [1.29, 1.82) is 0 Å². The number of urea groups is 1. The zero-order valence-corrected chi connectivity index (χ0v) is 10.9. The van der Waals surface area contributed by atoms with Crippen LogP contribution in [0.2, 0.25) is 0 Å². The number of rotatable bonds is 7. The number of carboxylic acids is 1. The van der Waals surface area contributed by atoms with E-state index in [1.165, 1.54) is 0 Å². The molecule has 3 amide bonds. The lowest BCUT2D eigenvalue weighted by Crippen LogP contribution is -2.57. The van der Waals surface area contributed by atoms with E-state index in [0.717, 1.165) is 0 Å². The third-order valence-electron chi connectivity index (χ3n) is 2.85. The molecule has 0 spiro atoms. The van der Waals surface area contributed by atoms with Gasteiger partial charge in [0.1, 0.15) is 5.54 Å². The Labute approximate surface area is 106 Å². The number of aliphatic carboxylic acids is 1. The fourth-order valence-electron chi connectivity index (χ4n) is 1.61. The Balaban J connectivity index is 4.53. The number of carbonyl (C=O) groups excluding carboxylic acids is 2. The Morgan fingerprint density at radius 3 is 2.11 bits per heavy atom. The fourth-order valence-corrected chi connectivity index (χ4v) is 1.61. The maximum Gasteiger partial charge on any atom is 0.329 e. The predicted molar refractivity (Wildman–Crippen MR) is 65.9 cm³/mol. The van der Waals surface area contributed by atoms with Gasteiger partial charge in [-0.25, -0.2) is 9.59 Å². The Bertz CT molecular complexity index is 326. The van der Waals surface area contributed by atoms with Gasteiger partial charge < -0.3 is 21.5 Å². The van der Waals surface area contributed by atoms with Crippen molar-refractivity contribution in [2.75, 3.05) is 0 Å². The van der Waals surface area contributed by atoms with E-state index in [1.54, 1.807) is 20.8 Å². The molecule has 0 saturated heterocycles. The van der Waals surface area contributed by atoms with Crippen LogP contribution >= 0.6 is 0 Å². The van der Waals surface area contributed by atoms with Gasteiger partial charge in [-0.1, -0.05) is 13.8 Å². The largest absolute Gasteiger partial charge is 0.480 e. The third kappa shape index (κ3) is 4.60. The molecule has 1 unspecified atom stereocenters. The number of hydrogen-bond donors (Lipinski definition) is 4. The van der Waals surface area contributed by atoms with E-state index >= 15 is 0 Å². The number of nitrogens with one attached hydrogen (secondary N) is 2. The molecule has 7 heteroatoms. The lowest BCUT2D eigenvalue weighted by atomic mass is 9.93. The van der Waals surface area contributed by atoms with Crippen molar-refractivity contribution in [1.82, 2.24) is 10.6 Å². The highest BCUT2D eigenvalue weighted by atomic mass is 16.4. The van der Waals surface area contributed by atoms with E-state index in [0.29, 0.717) is 0 Å². The van der Waals surface area contributed by atoms with Crippen LogP contribution in [0.3, 0.4) is 0 Å². The van der Waals surface area contributed by atoms with E-state index < -0.39 is 29.5 Å². The van der Waals surface area contributed by atoms with Gasteiger partial charge in [-0.2, -0.15) is 0 Å². The maximum absolute atomic E-state index is 11.6. The van der Waals surface area contributed by atoms with E-state index in [9.17, 15) is 14.4 Å². The van der Waals surface area contributed by atoms with Gasteiger partial charge in [0.2, 0.25) is 5.91 Å². The number of nitrogens with two attached hydrogens (primary N) is 1. The molecule has 0 aliphatic carbocycles. The summed E-state index contributed by atoms with van der Waals surface area (Å²) in [4.78, 5) is 33.5. The molecule has 0 rings (SSSR count). The van der Waals surface area contributed by atoms with Crippen LogP contribution in [0.5, 0.6) is 0 Å². The van der Waals surface area contributed by atoms with Crippen molar-refractivity contribution < 1.29 is 19.5 Å². The van der Waals surface area contributed by atoms with Gasteiger partial charge in [0.25, 0.3) is 0 Å². The summed E-state index contributed by atoms with van der Waals surface area (Å²) in [5.74, 6) is -1.61. The summed E-state index contributed by atoms with van der Waals surface area (Å²) >= 11 is 0. The van der Waals surface area contributed by atoms with Crippen molar-refractivity contribution in [3.05, 3.63) is 0 Å². The van der Waals surface area contributed by atoms with Gasteiger partial charge in [-0.3, -0.25) is 4.79 Å². The number of amides is 3. The smallest absolute Gasteiger partial charge is 0.329 e. The minimum absolute atomic E-state index is 0.00570. The van der Waals surface area contributed by atoms with Crippen LogP contribution in [0.4, 0.5) is 4.79 Å². The summed E-state index contributed by atoms with van der Waals surface area (Å²) in [5, 5.41) is 14.0. The van der Waals surface area contributed by atoms with Gasteiger partial charge in [-0.15, -0.1) is 0 Å². The van der Waals surface area contributed by atoms with Crippen LogP contribution in [0.15, 0.2) is 0 Å². The lowest BCUT2D eigenvalue weighted by Gasteiger charge is -2.28. The van der Waals surface area contributed by atoms with E-state index in [1.807, 2.05) is 0 Å². The van der Waals surface area contributed by atoms with E-state index in [4.69, 9.17) is 10.8 Å². The Morgan fingerprint density at radius 2 is 1.78 bits per heavy atom. The number of carboxylic acid groups (broad SMARTS) is 1. The fraction of sp³-hybridized carbons (Fsp3) is 0.727. The third-order valence-corrected chi connectivity index (χ3v) is 2.85. The van der Waals surface area contributed by atoms with Crippen LogP contribution in [-0.2, 0) is 9.59 Å². The van der Waals surface area contributed by atoms with Crippen LogP contribution in [0, 0.1) is 0 Å². The molecule has 0 radical (unpaired) electrons. The lowest BCUT2D eigenvalue weighted by molar-refractivity contribution is -0.144. The van der Waals surface area contributed by atoms with Crippen molar-refractivity contribution in [2.45, 2.75) is 51.6 Å². The molecule has 104 valence electrons. The first-order valence-corrected chi connectivity index (χ1v) is 5.87. The standard InChI is InChI=1S/C11H21N3O4/c1-4-11(5-2,9(16)17)14-10(18)13-7(3)6-8(12)15/h7H,4-6H2,1-3H3,(H2,12,15)(H,16,17)(H2,13,14,18). The van der Waals surface area contributed by atoms with Gasteiger partial charge in [0.15, 0.2) is 0 Å². The zero-order chi connectivity index (χ0) is 14.3. The average Bonchev–Trinajstić information content (AvgIpc) is 2.24. The first-order chi connectivity index (χ1) is 8.27. The normalized spacial score (nSPS) is 12.6. The molecule has 18 heavy (non-hydrogen) atoms. The van der Waals surface area contributed by atoms with Crippen molar-refractivity contribution >= 4 is 17.9 Å². The second-order valence-corrected chi connectivity index (χ2v) is 4.26. The highest BCUT2D eigenvalue weighted by molar-refractivity contribution is 5.86. The number of hydrogen-bond acceptors (Lipinski definition) is 3. The quantitative estimate of drug-likeness (QED) is 0.521. The Kier molecular flexibility index (Phi) is 6.15. The molecule has 0 saturated carbocycles. The molecule has 0 aromatic heterocycles. The molecule has 7 nitrogen and oxygen atoms in total. The topological polar surface area (TPSA) is 122 Å². The SMILES string of the molecule is CCC(CC)(NC(=O)NC(C)CC(N)=O)C(=O)O. The first kappa shape index (κ1) is 16.2. The van der Waals surface area contributed by atoms with Gasteiger partial charge >= 0.3 is 12.0 Å². The van der Waals surface area contributed by atoms with Crippen LogP contribution < -0.4 is 16.4 Å². The summed E-state index contributed by atoms with van der Waals surface area (Å²) < 4.78 is 0. The van der Waals surface area contributed by atoms with E-state index in [2.05, 4.69) is 10.6 Å². The molecule has 1 atom stereocenters. The van der Waals surface area contributed by atoms with Gasteiger partial charge in [-0.05, 0) is 19.8 Å². The van der Waals surface area contributed by atoms with Gasteiger partial charge in [0, 0.05) is 12.5 Å². The van der Waals surface area contributed by atoms with Crippen molar-refractivity contribution in [2.24, 2.45) is 5.73 Å². The highest BCUT2D eigenvalue weighted by Gasteiger charge is 2.36. The maximum atomic E-state index is 11.6. The molecule has 0 aliphatic rings. The molecule has 0 aromatic carbocycles. The van der Waals surface area contributed by atoms with Crippen molar-refractivity contribution in [3.8, 4) is 0 Å². The predicted octanol–water partition coefficient (Wildman–Crippen LogP) is 0.193. The summed E-state index contributed by atoms with van der Waals surface area (Å²) in [6.07, 6.45) is 0.554.